The Bertz CT molecular complexity index is 1470. The highest BCUT2D eigenvalue weighted by atomic mass is 19.3. The number of anilines is 1. The molecule has 3 aromatic rings. The molecule has 216 valence electrons. The molecule has 9 nitrogen and oxygen atoms in total. The molecule has 0 radical (unpaired) electrons. The second-order valence-electron chi connectivity index (χ2n) is 11.6. The van der Waals surface area contributed by atoms with Crippen LogP contribution in [0.25, 0.3) is 17.0 Å². The molecular formula is C29H31F3N6O3. The van der Waals surface area contributed by atoms with E-state index in [2.05, 4.69) is 36.4 Å². The molecule has 3 heterocycles. The van der Waals surface area contributed by atoms with Crippen molar-refractivity contribution in [2.45, 2.75) is 64.9 Å². The van der Waals surface area contributed by atoms with Gasteiger partial charge in [0.25, 0.3) is 5.91 Å². The quantitative estimate of drug-likeness (QED) is 0.270. The normalized spacial score (nSPS) is 16.0. The number of ether oxygens (including phenoxy) is 1. The minimum atomic E-state index is -2.99. The topological polar surface area (TPSA) is 107 Å². The Hall–Kier alpha value is -4.09. The van der Waals surface area contributed by atoms with E-state index in [1.54, 1.807) is 17.2 Å². The fourth-order valence-electron chi connectivity index (χ4n) is 5.28. The van der Waals surface area contributed by atoms with E-state index in [0.29, 0.717) is 29.5 Å². The van der Waals surface area contributed by atoms with Crippen LogP contribution < -0.4 is 9.64 Å². The Labute approximate surface area is 235 Å². The zero-order valence-corrected chi connectivity index (χ0v) is 23.2. The number of amides is 1. The lowest BCUT2D eigenvalue weighted by molar-refractivity contribution is -0.115. The van der Waals surface area contributed by atoms with Crippen molar-refractivity contribution in [2.24, 2.45) is 5.41 Å². The first-order chi connectivity index (χ1) is 19.5. The monoisotopic (exact) mass is 568 g/mol. The van der Waals surface area contributed by atoms with Crippen LogP contribution in [0.3, 0.4) is 0 Å². The predicted molar refractivity (Wildman–Crippen MR) is 145 cm³/mol. The highest BCUT2D eigenvalue weighted by molar-refractivity contribution is 6.05. The fraction of sp³-hybridized carbons (Fsp3) is 0.448. The second kappa shape index (κ2) is 11.1. The lowest BCUT2D eigenvalue weighted by Crippen LogP contribution is -2.48. The third-order valence-electron chi connectivity index (χ3n) is 7.43. The first kappa shape index (κ1) is 28.4. The van der Waals surface area contributed by atoms with Gasteiger partial charge in [0.1, 0.15) is 0 Å². The molecule has 41 heavy (non-hydrogen) atoms. The van der Waals surface area contributed by atoms with Gasteiger partial charge in [-0.25, -0.2) is 9.97 Å². The van der Waals surface area contributed by atoms with Crippen molar-refractivity contribution in [3.05, 3.63) is 60.3 Å². The molecule has 3 aliphatic carbocycles. The summed E-state index contributed by atoms with van der Waals surface area (Å²) in [6.45, 7) is 6.59. The van der Waals surface area contributed by atoms with Crippen molar-refractivity contribution in [1.82, 2.24) is 25.1 Å². The van der Waals surface area contributed by atoms with Gasteiger partial charge in [-0.2, -0.15) is 13.8 Å². The number of carbonyl (C=O) groups is 1. The van der Waals surface area contributed by atoms with E-state index in [4.69, 9.17) is 4.52 Å². The van der Waals surface area contributed by atoms with Gasteiger partial charge in [0.05, 0.1) is 31.0 Å². The van der Waals surface area contributed by atoms with Gasteiger partial charge in [0, 0.05) is 35.7 Å². The number of carbonyl (C=O) groups excluding carboxylic acids is 1. The molecule has 1 saturated carbocycles. The maximum absolute atomic E-state index is 13.5. The van der Waals surface area contributed by atoms with E-state index in [9.17, 15) is 18.0 Å². The highest BCUT2D eigenvalue weighted by Crippen LogP contribution is 2.57. The molecule has 12 heteroatoms. The Balaban J connectivity index is 1.39. The van der Waals surface area contributed by atoms with Crippen LogP contribution in [-0.2, 0) is 10.2 Å². The van der Waals surface area contributed by atoms with Gasteiger partial charge in [-0.05, 0) is 42.7 Å². The molecule has 0 spiro atoms. The molecule has 1 fully saturated rings. The first-order valence-corrected chi connectivity index (χ1v) is 13.3. The minimum absolute atomic E-state index is 0.0760. The van der Waals surface area contributed by atoms with Gasteiger partial charge in [-0.1, -0.05) is 38.1 Å². The number of aromatic nitrogens is 5. The molecule has 0 aliphatic heterocycles. The van der Waals surface area contributed by atoms with Crippen LogP contribution in [-0.4, -0.2) is 50.8 Å². The molecule has 0 saturated heterocycles. The van der Waals surface area contributed by atoms with E-state index in [1.165, 1.54) is 11.8 Å². The van der Waals surface area contributed by atoms with Crippen molar-refractivity contribution in [1.29, 1.82) is 0 Å². The summed E-state index contributed by atoms with van der Waals surface area (Å²) in [6.07, 6.45) is 8.39. The molecular weight excluding hydrogens is 537 g/mol. The standard InChI is InChI=1S/C29H31F3N6O3/c1-17(6-8-30)25(39)38(20-9-18(12-33-13-20)23-34-14-21(15-35-23)40-27(31)32)16-29-7-5-22(19(10-29)11-29)24-36-26(41-37-24)28(2,3)4/h9,12-15,27H,1,5-8,10-11,16H2,2-4H3. The molecule has 0 N–H and O–H groups in total. The summed E-state index contributed by atoms with van der Waals surface area (Å²) in [4.78, 5) is 32.2. The Morgan fingerprint density at radius 3 is 2.49 bits per heavy atom. The lowest BCUT2D eigenvalue weighted by Gasteiger charge is -2.51. The fourth-order valence-corrected chi connectivity index (χ4v) is 5.28. The second-order valence-corrected chi connectivity index (χ2v) is 11.6. The van der Waals surface area contributed by atoms with Gasteiger partial charge in [-0.3, -0.25) is 14.2 Å². The van der Waals surface area contributed by atoms with E-state index in [1.807, 2.05) is 20.8 Å². The smallest absolute Gasteiger partial charge is 0.387 e. The van der Waals surface area contributed by atoms with Crippen molar-refractivity contribution < 1.29 is 27.2 Å². The largest absolute Gasteiger partial charge is 0.432 e. The Morgan fingerprint density at radius 1 is 1.17 bits per heavy atom. The molecule has 0 unspecified atom stereocenters. The van der Waals surface area contributed by atoms with Crippen LogP contribution in [0.15, 0.2) is 53.1 Å². The summed E-state index contributed by atoms with van der Waals surface area (Å²) < 4.78 is 47.9. The number of hydrogen-bond acceptors (Lipinski definition) is 8. The predicted octanol–water partition coefficient (Wildman–Crippen LogP) is 6.10. The number of rotatable bonds is 10. The van der Waals surface area contributed by atoms with E-state index in [0.717, 1.165) is 43.7 Å². The summed E-state index contributed by atoms with van der Waals surface area (Å²) in [5.41, 5.74) is 3.06. The number of hydrogen-bond donors (Lipinski definition) is 0. The number of pyridine rings is 1. The first-order valence-electron chi connectivity index (χ1n) is 13.3. The van der Waals surface area contributed by atoms with Gasteiger partial charge < -0.3 is 14.2 Å². The molecule has 1 amide bonds. The van der Waals surface area contributed by atoms with Crippen LogP contribution in [0.1, 0.15) is 64.6 Å². The summed E-state index contributed by atoms with van der Waals surface area (Å²) in [7, 11) is 0. The van der Waals surface area contributed by atoms with Crippen molar-refractivity contribution >= 4 is 17.2 Å². The molecule has 3 aliphatic rings. The summed E-state index contributed by atoms with van der Waals surface area (Å²) in [5, 5.41) is 4.22. The van der Waals surface area contributed by atoms with Crippen molar-refractivity contribution in [3.8, 4) is 17.1 Å². The maximum atomic E-state index is 13.5. The van der Waals surface area contributed by atoms with Crippen LogP contribution >= 0.6 is 0 Å². The van der Waals surface area contributed by atoms with Crippen LogP contribution in [0.2, 0.25) is 0 Å². The SMILES string of the molecule is C=C(CCF)C(=O)N(CC12CCC(c3noc(C(C)(C)C)n3)=C(C1)C2)c1cncc(-c2ncc(OC(F)F)cn2)c1. The number of alkyl halides is 3. The molecule has 0 aromatic carbocycles. The van der Waals surface area contributed by atoms with Crippen LogP contribution in [0.5, 0.6) is 5.75 Å². The zero-order valence-electron chi connectivity index (χ0n) is 23.2. The number of allylic oxidation sites excluding steroid dienone is 2. The molecule has 6 rings (SSSR count). The minimum Gasteiger partial charge on any atom is -0.432 e. The molecule has 2 bridgehead atoms. The van der Waals surface area contributed by atoms with Crippen molar-refractivity contribution in [3.63, 3.8) is 0 Å². The maximum Gasteiger partial charge on any atom is 0.387 e. The van der Waals surface area contributed by atoms with E-state index >= 15 is 0 Å². The average Bonchev–Trinajstić information content (AvgIpc) is 3.43. The zero-order chi connectivity index (χ0) is 29.4. The van der Waals surface area contributed by atoms with Gasteiger partial charge >= 0.3 is 6.61 Å². The Kier molecular flexibility index (Phi) is 7.67. The molecule has 3 aromatic heterocycles. The van der Waals surface area contributed by atoms with Crippen LogP contribution in [0, 0.1) is 5.41 Å². The van der Waals surface area contributed by atoms with Crippen molar-refractivity contribution in [2.75, 3.05) is 18.1 Å². The van der Waals surface area contributed by atoms with E-state index in [-0.39, 0.29) is 40.3 Å². The van der Waals surface area contributed by atoms with Gasteiger partial charge in [-0.15, -0.1) is 0 Å². The third-order valence-corrected chi connectivity index (χ3v) is 7.43. The number of fused-ring (bicyclic) bond motifs is 2. The van der Waals surface area contributed by atoms with Gasteiger partial charge in [0.15, 0.2) is 17.4 Å². The average molecular weight is 569 g/mol. The van der Waals surface area contributed by atoms with Crippen LogP contribution in [0.4, 0.5) is 18.9 Å². The van der Waals surface area contributed by atoms with E-state index < -0.39 is 13.3 Å². The summed E-state index contributed by atoms with van der Waals surface area (Å²) in [5.74, 6) is 0.887. The Morgan fingerprint density at radius 2 is 1.90 bits per heavy atom. The third kappa shape index (κ3) is 6.01. The number of halogens is 3. The summed E-state index contributed by atoms with van der Waals surface area (Å²) in [6, 6.07) is 1.70. The van der Waals surface area contributed by atoms with Gasteiger partial charge in [0.2, 0.25) is 5.89 Å². The lowest BCUT2D eigenvalue weighted by atomic mass is 9.57. The molecule has 0 atom stereocenters. The number of nitrogens with zero attached hydrogens (tertiary/aromatic N) is 6. The summed E-state index contributed by atoms with van der Waals surface area (Å²) >= 11 is 0. The highest BCUT2D eigenvalue weighted by Gasteiger charge is 2.48.